The normalized spacial score (nSPS) is 16.4. The fraction of sp³-hybridized carbons (Fsp3) is 0.579. The molecule has 136 valence electrons. The molecule has 6 nitrogen and oxygen atoms in total. The van der Waals surface area contributed by atoms with E-state index in [1.165, 1.54) is 0 Å². The topological polar surface area (TPSA) is 82.0 Å². The maximum atomic E-state index is 12.7. The van der Waals surface area contributed by atoms with Crippen molar-refractivity contribution in [2.45, 2.75) is 64.1 Å². The van der Waals surface area contributed by atoms with Crippen LogP contribution in [0.2, 0.25) is 0 Å². The van der Waals surface area contributed by atoms with Gasteiger partial charge in [0.15, 0.2) is 0 Å². The summed E-state index contributed by atoms with van der Waals surface area (Å²) in [6, 6.07) is 7.77. The summed E-state index contributed by atoms with van der Waals surface area (Å²) in [6.45, 7) is 3.62. The number of amides is 1. The van der Waals surface area contributed by atoms with E-state index in [4.69, 9.17) is 5.73 Å². The van der Waals surface area contributed by atoms with Crippen molar-refractivity contribution in [2.24, 2.45) is 5.73 Å². The van der Waals surface area contributed by atoms with Gasteiger partial charge in [-0.3, -0.25) is 13.9 Å². The van der Waals surface area contributed by atoms with Gasteiger partial charge >= 0.3 is 5.69 Å². The van der Waals surface area contributed by atoms with Crippen LogP contribution in [0.4, 0.5) is 0 Å². The highest BCUT2D eigenvalue weighted by Gasteiger charge is 2.33. The van der Waals surface area contributed by atoms with Crippen LogP contribution in [0, 0.1) is 0 Å². The molecule has 0 spiro atoms. The number of nitrogens with zero attached hydrogens (tertiary/aromatic N) is 2. The second kappa shape index (κ2) is 7.44. The Balaban J connectivity index is 1.76. The quantitative estimate of drug-likeness (QED) is 0.806. The molecule has 25 heavy (non-hydrogen) atoms. The molecule has 0 saturated heterocycles. The summed E-state index contributed by atoms with van der Waals surface area (Å²) in [7, 11) is 0. The summed E-state index contributed by atoms with van der Waals surface area (Å²) in [6.07, 6.45) is 5.31. The summed E-state index contributed by atoms with van der Waals surface area (Å²) >= 11 is 0. The molecule has 1 aliphatic carbocycles. The average Bonchev–Trinajstić information content (AvgIpc) is 3.18. The highest BCUT2D eigenvalue weighted by molar-refractivity contribution is 5.78. The first kappa shape index (κ1) is 17.7. The Morgan fingerprint density at radius 3 is 2.32 bits per heavy atom. The van der Waals surface area contributed by atoms with Crippen molar-refractivity contribution < 1.29 is 4.79 Å². The van der Waals surface area contributed by atoms with E-state index in [2.05, 4.69) is 12.2 Å². The minimum absolute atomic E-state index is 0.0217. The Morgan fingerprint density at radius 2 is 1.76 bits per heavy atom. The van der Waals surface area contributed by atoms with Crippen molar-refractivity contribution in [3.8, 4) is 0 Å². The van der Waals surface area contributed by atoms with Crippen LogP contribution in [0.3, 0.4) is 0 Å². The van der Waals surface area contributed by atoms with Gasteiger partial charge in [0.05, 0.1) is 16.6 Å². The molecule has 1 amide bonds. The summed E-state index contributed by atoms with van der Waals surface area (Å²) in [5.41, 5.74) is 7.44. The van der Waals surface area contributed by atoms with Crippen LogP contribution in [0.1, 0.15) is 45.4 Å². The number of carbonyl (C=O) groups is 1. The number of benzene rings is 1. The number of aromatic nitrogens is 2. The third kappa shape index (κ3) is 3.49. The van der Waals surface area contributed by atoms with Gasteiger partial charge in [-0.2, -0.15) is 0 Å². The molecule has 6 heteroatoms. The van der Waals surface area contributed by atoms with Crippen molar-refractivity contribution in [1.29, 1.82) is 0 Å². The third-order valence-corrected chi connectivity index (χ3v) is 5.29. The SMILES string of the molecule is CCCn1c(=O)n(CCC(=O)NC2(CN)CCCC2)c2ccccc21. The van der Waals surface area contributed by atoms with E-state index < -0.39 is 0 Å². The number of para-hydroxylation sites is 2. The zero-order valence-electron chi connectivity index (χ0n) is 15.0. The predicted molar refractivity (Wildman–Crippen MR) is 99.5 cm³/mol. The number of nitrogens with one attached hydrogen (secondary N) is 1. The molecule has 3 N–H and O–H groups in total. The number of hydrogen-bond donors (Lipinski definition) is 2. The summed E-state index contributed by atoms with van der Waals surface area (Å²) in [4.78, 5) is 25.2. The Kier molecular flexibility index (Phi) is 5.27. The maximum absolute atomic E-state index is 12.7. The van der Waals surface area contributed by atoms with Gasteiger partial charge in [-0.05, 0) is 31.4 Å². The van der Waals surface area contributed by atoms with Gasteiger partial charge in [0.2, 0.25) is 5.91 Å². The molecule has 1 fully saturated rings. The lowest BCUT2D eigenvalue weighted by Crippen LogP contribution is -2.51. The van der Waals surface area contributed by atoms with E-state index in [-0.39, 0.29) is 17.1 Å². The molecular weight excluding hydrogens is 316 g/mol. The van der Waals surface area contributed by atoms with Gasteiger partial charge in [-0.1, -0.05) is 31.9 Å². The molecule has 0 bridgehead atoms. The van der Waals surface area contributed by atoms with Crippen LogP contribution < -0.4 is 16.7 Å². The lowest BCUT2D eigenvalue weighted by molar-refractivity contribution is -0.123. The first-order valence-electron chi connectivity index (χ1n) is 9.29. The fourth-order valence-electron chi connectivity index (χ4n) is 3.93. The fourth-order valence-corrected chi connectivity index (χ4v) is 3.93. The molecule has 1 aromatic carbocycles. The molecule has 1 heterocycles. The molecule has 1 aromatic heterocycles. The van der Waals surface area contributed by atoms with E-state index in [1.54, 1.807) is 9.13 Å². The Labute approximate surface area is 148 Å². The molecule has 1 saturated carbocycles. The summed E-state index contributed by atoms with van der Waals surface area (Å²) < 4.78 is 3.51. The Bertz CT molecular complexity index is 799. The Hall–Kier alpha value is -2.08. The van der Waals surface area contributed by atoms with Crippen LogP contribution in [0.15, 0.2) is 29.1 Å². The van der Waals surface area contributed by atoms with Gasteiger partial charge in [0.1, 0.15) is 0 Å². The van der Waals surface area contributed by atoms with Crippen LogP contribution >= 0.6 is 0 Å². The summed E-state index contributed by atoms with van der Waals surface area (Å²) in [5, 5.41) is 3.13. The second-order valence-electron chi connectivity index (χ2n) is 7.06. The summed E-state index contributed by atoms with van der Waals surface area (Å²) in [5.74, 6) is -0.0217. The van der Waals surface area contributed by atoms with Crippen molar-refractivity contribution in [2.75, 3.05) is 6.54 Å². The van der Waals surface area contributed by atoms with Gasteiger partial charge in [-0.25, -0.2) is 4.79 Å². The molecule has 0 atom stereocenters. The molecular formula is C19H28N4O2. The largest absolute Gasteiger partial charge is 0.349 e. The monoisotopic (exact) mass is 344 g/mol. The van der Waals surface area contributed by atoms with E-state index in [0.29, 0.717) is 26.1 Å². The number of imidazole rings is 1. The van der Waals surface area contributed by atoms with E-state index in [9.17, 15) is 9.59 Å². The first-order valence-corrected chi connectivity index (χ1v) is 9.29. The lowest BCUT2D eigenvalue weighted by atomic mass is 9.97. The van der Waals surface area contributed by atoms with Gasteiger partial charge in [0, 0.05) is 26.1 Å². The van der Waals surface area contributed by atoms with Gasteiger partial charge < -0.3 is 11.1 Å². The van der Waals surface area contributed by atoms with E-state index in [1.807, 2.05) is 24.3 Å². The minimum atomic E-state index is -0.238. The van der Waals surface area contributed by atoms with E-state index >= 15 is 0 Å². The van der Waals surface area contributed by atoms with Crippen molar-refractivity contribution in [3.05, 3.63) is 34.7 Å². The smallest absolute Gasteiger partial charge is 0.329 e. The van der Waals surface area contributed by atoms with Crippen molar-refractivity contribution >= 4 is 16.9 Å². The van der Waals surface area contributed by atoms with Gasteiger partial charge in [0.25, 0.3) is 0 Å². The Morgan fingerprint density at radius 1 is 1.16 bits per heavy atom. The molecule has 1 aliphatic rings. The average molecular weight is 344 g/mol. The second-order valence-corrected chi connectivity index (χ2v) is 7.06. The molecule has 0 aliphatic heterocycles. The number of rotatable bonds is 7. The number of hydrogen-bond acceptors (Lipinski definition) is 3. The number of carbonyl (C=O) groups excluding carboxylic acids is 1. The zero-order valence-corrected chi connectivity index (χ0v) is 15.0. The zero-order chi connectivity index (χ0) is 17.9. The van der Waals surface area contributed by atoms with Crippen LogP contribution in [0.5, 0.6) is 0 Å². The molecule has 3 rings (SSSR count). The van der Waals surface area contributed by atoms with E-state index in [0.717, 1.165) is 43.1 Å². The first-order chi connectivity index (χ1) is 12.1. The molecule has 0 unspecified atom stereocenters. The minimum Gasteiger partial charge on any atom is -0.349 e. The number of aryl methyl sites for hydroxylation is 2. The highest BCUT2D eigenvalue weighted by atomic mass is 16.2. The predicted octanol–water partition coefficient (Wildman–Crippen LogP) is 1.99. The standard InChI is InChI=1S/C19H28N4O2/c1-2-12-22-15-7-3-4-8-16(15)23(18(22)25)13-9-17(24)21-19(14-20)10-5-6-11-19/h3-4,7-8H,2,5-6,9-14,20H2,1H3,(H,21,24). The number of nitrogens with two attached hydrogens (primary N) is 1. The highest BCUT2D eigenvalue weighted by Crippen LogP contribution is 2.28. The van der Waals surface area contributed by atoms with Crippen LogP contribution in [-0.4, -0.2) is 27.1 Å². The van der Waals surface area contributed by atoms with Crippen LogP contribution in [0.25, 0.3) is 11.0 Å². The lowest BCUT2D eigenvalue weighted by Gasteiger charge is -2.28. The molecule has 0 radical (unpaired) electrons. The van der Waals surface area contributed by atoms with Crippen molar-refractivity contribution in [3.63, 3.8) is 0 Å². The van der Waals surface area contributed by atoms with Crippen LogP contribution in [-0.2, 0) is 17.9 Å². The van der Waals surface area contributed by atoms with Gasteiger partial charge in [-0.15, -0.1) is 0 Å². The maximum Gasteiger partial charge on any atom is 0.329 e. The number of fused-ring (bicyclic) bond motifs is 1. The third-order valence-electron chi connectivity index (χ3n) is 5.29. The van der Waals surface area contributed by atoms with Crippen molar-refractivity contribution in [1.82, 2.24) is 14.5 Å². The molecule has 2 aromatic rings.